The lowest BCUT2D eigenvalue weighted by atomic mass is 9.98. The van der Waals surface area contributed by atoms with Crippen molar-refractivity contribution in [2.75, 3.05) is 5.32 Å². The van der Waals surface area contributed by atoms with Crippen LogP contribution in [0.4, 0.5) is 5.13 Å². The molecule has 3 rings (SSSR count). The van der Waals surface area contributed by atoms with Crippen molar-refractivity contribution in [3.63, 3.8) is 0 Å². The van der Waals surface area contributed by atoms with Gasteiger partial charge in [-0.05, 0) is 24.8 Å². The minimum atomic E-state index is -0.714. The molecule has 3 N–H and O–H groups in total. The maximum atomic E-state index is 12.3. The van der Waals surface area contributed by atoms with Gasteiger partial charge in [0.15, 0.2) is 5.13 Å². The average molecular weight is 315 g/mol. The Morgan fingerprint density at radius 3 is 2.64 bits per heavy atom. The standard InChI is InChI=1S/C17H21N3OS/c1-2-12-5-7-13(8-6-12)14-11-22-16(19-14)20-15(21)17(18)9-3-4-10-17/h5-8,11H,2-4,9-10,18H2,1H3,(H,19,20,21). The Morgan fingerprint density at radius 1 is 1.32 bits per heavy atom. The van der Waals surface area contributed by atoms with Crippen LogP contribution in [0.2, 0.25) is 0 Å². The first-order chi connectivity index (χ1) is 10.6. The minimum absolute atomic E-state index is 0.104. The van der Waals surface area contributed by atoms with Gasteiger partial charge in [-0.2, -0.15) is 0 Å². The van der Waals surface area contributed by atoms with Crippen LogP contribution in [0.5, 0.6) is 0 Å². The van der Waals surface area contributed by atoms with Gasteiger partial charge < -0.3 is 11.1 Å². The third kappa shape index (κ3) is 3.05. The van der Waals surface area contributed by atoms with E-state index in [1.165, 1.54) is 16.9 Å². The lowest BCUT2D eigenvalue weighted by molar-refractivity contribution is -0.121. The molecule has 1 saturated carbocycles. The normalized spacial score (nSPS) is 16.6. The van der Waals surface area contributed by atoms with Crippen molar-refractivity contribution < 1.29 is 4.79 Å². The van der Waals surface area contributed by atoms with E-state index in [1.807, 2.05) is 5.38 Å². The molecule has 1 fully saturated rings. The van der Waals surface area contributed by atoms with Crippen molar-refractivity contribution in [1.82, 2.24) is 4.98 Å². The molecule has 1 aliphatic carbocycles. The van der Waals surface area contributed by atoms with Gasteiger partial charge >= 0.3 is 0 Å². The van der Waals surface area contributed by atoms with E-state index in [1.54, 1.807) is 0 Å². The summed E-state index contributed by atoms with van der Waals surface area (Å²) in [6.45, 7) is 2.14. The number of nitrogens with zero attached hydrogens (tertiary/aromatic N) is 1. The van der Waals surface area contributed by atoms with Crippen LogP contribution in [0.3, 0.4) is 0 Å². The van der Waals surface area contributed by atoms with Crippen LogP contribution in [0.25, 0.3) is 11.3 Å². The van der Waals surface area contributed by atoms with Crippen LogP contribution in [0, 0.1) is 0 Å². The molecule has 1 amide bonds. The summed E-state index contributed by atoms with van der Waals surface area (Å²) < 4.78 is 0. The van der Waals surface area contributed by atoms with Crippen LogP contribution in [-0.4, -0.2) is 16.4 Å². The summed E-state index contributed by atoms with van der Waals surface area (Å²) in [5, 5.41) is 5.47. The lowest BCUT2D eigenvalue weighted by Crippen LogP contribution is -2.48. The van der Waals surface area contributed by atoms with Gasteiger partial charge in [-0.3, -0.25) is 4.79 Å². The Balaban J connectivity index is 1.71. The molecule has 0 bridgehead atoms. The first kappa shape index (κ1) is 15.2. The zero-order valence-corrected chi connectivity index (χ0v) is 13.6. The van der Waals surface area contributed by atoms with Crippen molar-refractivity contribution in [2.24, 2.45) is 5.73 Å². The number of hydrogen-bond acceptors (Lipinski definition) is 4. The number of carbonyl (C=O) groups excluding carboxylic acids is 1. The summed E-state index contributed by atoms with van der Waals surface area (Å²) in [4.78, 5) is 16.8. The molecule has 116 valence electrons. The highest BCUT2D eigenvalue weighted by Gasteiger charge is 2.37. The third-order valence-electron chi connectivity index (χ3n) is 4.33. The van der Waals surface area contributed by atoms with Gasteiger partial charge in [0.05, 0.1) is 11.2 Å². The molecule has 1 aromatic heterocycles. The Labute approximate surface area is 134 Å². The van der Waals surface area contributed by atoms with Gasteiger partial charge in [0, 0.05) is 10.9 Å². The highest BCUT2D eigenvalue weighted by atomic mass is 32.1. The molecule has 5 heteroatoms. The van der Waals surface area contributed by atoms with Crippen LogP contribution in [0.15, 0.2) is 29.6 Å². The van der Waals surface area contributed by atoms with Crippen molar-refractivity contribution in [3.8, 4) is 11.3 Å². The van der Waals surface area contributed by atoms with Crippen molar-refractivity contribution >= 4 is 22.4 Å². The summed E-state index contributed by atoms with van der Waals surface area (Å²) in [5.74, 6) is -0.104. The van der Waals surface area contributed by atoms with E-state index in [0.29, 0.717) is 5.13 Å². The topological polar surface area (TPSA) is 68.0 Å². The Hall–Kier alpha value is -1.72. The fraction of sp³-hybridized carbons (Fsp3) is 0.412. The summed E-state index contributed by atoms with van der Waals surface area (Å²) in [6, 6.07) is 8.36. The minimum Gasteiger partial charge on any atom is -0.317 e. The highest BCUT2D eigenvalue weighted by molar-refractivity contribution is 7.14. The number of nitrogens with one attached hydrogen (secondary N) is 1. The largest absolute Gasteiger partial charge is 0.317 e. The molecule has 1 aromatic carbocycles. The fourth-order valence-corrected chi connectivity index (χ4v) is 3.54. The van der Waals surface area contributed by atoms with Crippen LogP contribution >= 0.6 is 11.3 Å². The maximum Gasteiger partial charge on any atom is 0.246 e. The molecular weight excluding hydrogens is 294 g/mol. The van der Waals surface area contributed by atoms with E-state index in [4.69, 9.17) is 5.73 Å². The van der Waals surface area contributed by atoms with E-state index >= 15 is 0 Å². The molecule has 1 aliphatic rings. The molecule has 0 atom stereocenters. The summed E-state index contributed by atoms with van der Waals surface area (Å²) in [6.07, 6.45) is 4.59. The van der Waals surface area contributed by atoms with E-state index in [2.05, 4.69) is 41.5 Å². The third-order valence-corrected chi connectivity index (χ3v) is 5.09. The average Bonchev–Trinajstić information content (AvgIpc) is 3.17. The number of aromatic nitrogens is 1. The molecule has 0 saturated heterocycles. The first-order valence-electron chi connectivity index (χ1n) is 7.76. The molecule has 0 unspecified atom stereocenters. The molecule has 4 nitrogen and oxygen atoms in total. The number of carbonyl (C=O) groups is 1. The van der Waals surface area contributed by atoms with Gasteiger partial charge in [-0.15, -0.1) is 11.3 Å². The second-order valence-corrected chi connectivity index (χ2v) is 6.76. The molecule has 0 aliphatic heterocycles. The quantitative estimate of drug-likeness (QED) is 0.906. The highest BCUT2D eigenvalue weighted by Crippen LogP contribution is 2.30. The first-order valence-corrected chi connectivity index (χ1v) is 8.64. The molecule has 0 spiro atoms. The van der Waals surface area contributed by atoms with Gasteiger partial charge in [-0.1, -0.05) is 44.0 Å². The van der Waals surface area contributed by atoms with Crippen molar-refractivity contribution in [2.45, 2.75) is 44.6 Å². The number of hydrogen-bond donors (Lipinski definition) is 2. The number of thiazole rings is 1. The number of anilines is 1. The molecule has 0 radical (unpaired) electrons. The monoisotopic (exact) mass is 315 g/mol. The van der Waals surface area contributed by atoms with E-state index < -0.39 is 5.54 Å². The number of benzene rings is 1. The van der Waals surface area contributed by atoms with Crippen LogP contribution in [-0.2, 0) is 11.2 Å². The molecule has 2 aromatic rings. The van der Waals surface area contributed by atoms with Crippen molar-refractivity contribution in [1.29, 1.82) is 0 Å². The van der Waals surface area contributed by atoms with Crippen molar-refractivity contribution in [3.05, 3.63) is 35.2 Å². The predicted octanol–water partition coefficient (Wildman–Crippen LogP) is 3.58. The number of nitrogens with two attached hydrogens (primary N) is 1. The van der Waals surface area contributed by atoms with E-state index in [-0.39, 0.29) is 5.91 Å². The van der Waals surface area contributed by atoms with E-state index in [0.717, 1.165) is 43.4 Å². The SMILES string of the molecule is CCc1ccc(-c2csc(NC(=O)C3(N)CCCC3)n2)cc1. The lowest BCUT2D eigenvalue weighted by Gasteiger charge is -2.21. The van der Waals surface area contributed by atoms with E-state index in [9.17, 15) is 4.79 Å². The van der Waals surface area contributed by atoms with Gasteiger partial charge in [0.1, 0.15) is 0 Å². The molecular formula is C17H21N3OS. The zero-order chi connectivity index (χ0) is 15.6. The summed E-state index contributed by atoms with van der Waals surface area (Å²) in [5.41, 5.74) is 8.71. The fourth-order valence-electron chi connectivity index (χ4n) is 2.83. The van der Waals surface area contributed by atoms with Crippen LogP contribution < -0.4 is 11.1 Å². The zero-order valence-electron chi connectivity index (χ0n) is 12.8. The second-order valence-electron chi connectivity index (χ2n) is 5.91. The number of aryl methyl sites for hydroxylation is 1. The Bertz CT molecular complexity index is 657. The second kappa shape index (κ2) is 6.18. The predicted molar refractivity (Wildman–Crippen MR) is 90.9 cm³/mol. The van der Waals surface area contributed by atoms with Gasteiger partial charge in [0.2, 0.25) is 5.91 Å². The van der Waals surface area contributed by atoms with Gasteiger partial charge in [0.25, 0.3) is 0 Å². The van der Waals surface area contributed by atoms with Crippen LogP contribution in [0.1, 0.15) is 38.2 Å². The smallest absolute Gasteiger partial charge is 0.246 e. The number of amides is 1. The Morgan fingerprint density at radius 2 is 2.00 bits per heavy atom. The Kier molecular flexibility index (Phi) is 4.27. The summed E-state index contributed by atoms with van der Waals surface area (Å²) in [7, 11) is 0. The maximum absolute atomic E-state index is 12.3. The van der Waals surface area contributed by atoms with Gasteiger partial charge in [-0.25, -0.2) is 4.98 Å². The molecule has 22 heavy (non-hydrogen) atoms. The number of rotatable bonds is 4. The summed E-state index contributed by atoms with van der Waals surface area (Å²) >= 11 is 1.44. The molecule has 1 heterocycles.